The van der Waals surface area contributed by atoms with E-state index in [4.69, 9.17) is 5.73 Å². The van der Waals surface area contributed by atoms with Gasteiger partial charge in [-0.1, -0.05) is 39.0 Å². The van der Waals surface area contributed by atoms with Crippen molar-refractivity contribution in [3.63, 3.8) is 0 Å². The van der Waals surface area contributed by atoms with Crippen LogP contribution in [-0.4, -0.2) is 17.4 Å². The Labute approximate surface area is 122 Å². The lowest BCUT2D eigenvalue weighted by Crippen LogP contribution is -2.35. The number of benzene rings is 1. The second-order valence-corrected chi connectivity index (χ2v) is 6.11. The summed E-state index contributed by atoms with van der Waals surface area (Å²) in [6.07, 6.45) is 2.53. The summed E-state index contributed by atoms with van der Waals surface area (Å²) in [6, 6.07) is 6.61. The Balaban J connectivity index is 2.17. The fraction of sp³-hybridized carbons (Fsp3) is 0.588. The summed E-state index contributed by atoms with van der Waals surface area (Å²) in [6.45, 7) is 7.92. The minimum Gasteiger partial charge on any atom is -0.338 e. The molecule has 0 aromatic heterocycles. The highest BCUT2D eigenvalue weighted by atomic mass is 16.2. The van der Waals surface area contributed by atoms with Gasteiger partial charge in [-0.3, -0.25) is 4.79 Å². The van der Waals surface area contributed by atoms with Crippen molar-refractivity contribution in [1.82, 2.24) is 4.90 Å². The first-order valence-electron chi connectivity index (χ1n) is 7.68. The maximum atomic E-state index is 12.0. The van der Waals surface area contributed by atoms with E-state index in [0.717, 1.165) is 25.9 Å². The molecule has 1 unspecified atom stereocenters. The molecule has 0 radical (unpaired) electrons. The van der Waals surface area contributed by atoms with Gasteiger partial charge in [0.25, 0.3) is 0 Å². The summed E-state index contributed by atoms with van der Waals surface area (Å²) in [5.74, 6) is 0.700. The van der Waals surface area contributed by atoms with Crippen LogP contribution in [0.4, 0.5) is 0 Å². The first-order chi connectivity index (χ1) is 9.52. The number of nitrogens with zero attached hydrogens (tertiary/aromatic N) is 1. The molecule has 110 valence electrons. The van der Waals surface area contributed by atoms with Gasteiger partial charge in [-0.05, 0) is 35.4 Å². The molecule has 2 N–H and O–H groups in total. The Morgan fingerprint density at radius 2 is 2.10 bits per heavy atom. The lowest BCUT2D eigenvalue weighted by molar-refractivity contribution is -0.132. The molecule has 1 amide bonds. The molecule has 1 heterocycles. The van der Waals surface area contributed by atoms with Gasteiger partial charge in [0.1, 0.15) is 0 Å². The summed E-state index contributed by atoms with van der Waals surface area (Å²) in [4.78, 5) is 14.0. The maximum Gasteiger partial charge on any atom is 0.222 e. The van der Waals surface area contributed by atoms with Crippen molar-refractivity contribution in [3.8, 4) is 0 Å². The molecule has 1 aliphatic rings. The van der Waals surface area contributed by atoms with Crippen LogP contribution in [0.1, 0.15) is 56.3 Å². The number of hydrogen-bond donors (Lipinski definition) is 1. The van der Waals surface area contributed by atoms with Crippen LogP contribution < -0.4 is 5.73 Å². The van der Waals surface area contributed by atoms with E-state index in [9.17, 15) is 4.79 Å². The zero-order valence-electron chi connectivity index (χ0n) is 12.9. The lowest BCUT2D eigenvalue weighted by Gasteiger charge is -2.30. The van der Waals surface area contributed by atoms with E-state index in [2.05, 4.69) is 39.0 Å². The number of rotatable bonds is 4. The topological polar surface area (TPSA) is 46.3 Å². The van der Waals surface area contributed by atoms with E-state index >= 15 is 0 Å². The van der Waals surface area contributed by atoms with Crippen LogP contribution in [0.15, 0.2) is 18.2 Å². The molecule has 0 saturated heterocycles. The first-order valence-corrected chi connectivity index (χ1v) is 7.68. The third-order valence-corrected chi connectivity index (χ3v) is 4.16. The molecule has 0 spiro atoms. The molecule has 3 heteroatoms. The highest BCUT2D eigenvalue weighted by molar-refractivity contribution is 5.76. The molecule has 2 rings (SSSR count). The van der Waals surface area contributed by atoms with Crippen LogP contribution in [0.3, 0.4) is 0 Å². The Morgan fingerprint density at radius 3 is 2.75 bits per heavy atom. The van der Waals surface area contributed by atoms with Gasteiger partial charge in [0.15, 0.2) is 0 Å². The zero-order chi connectivity index (χ0) is 14.7. The van der Waals surface area contributed by atoms with Crippen LogP contribution in [0, 0.1) is 5.92 Å². The predicted molar refractivity (Wildman–Crippen MR) is 82.2 cm³/mol. The fourth-order valence-corrected chi connectivity index (χ4v) is 2.75. The lowest BCUT2D eigenvalue weighted by atomic mass is 9.91. The van der Waals surface area contributed by atoms with Crippen molar-refractivity contribution in [2.24, 2.45) is 11.7 Å². The number of carbonyl (C=O) groups is 1. The van der Waals surface area contributed by atoms with Gasteiger partial charge in [0.2, 0.25) is 5.91 Å². The average Bonchev–Trinajstić information content (AvgIpc) is 2.45. The Kier molecular flexibility index (Phi) is 4.81. The van der Waals surface area contributed by atoms with Gasteiger partial charge in [0, 0.05) is 25.6 Å². The molecule has 0 aliphatic carbocycles. The molecule has 1 aromatic rings. The van der Waals surface area contributed by atoms with Crippen molar-refractivity contribution in [2.75, 3.05) is 6.54 Å². The van der Waals surface area contributed by atoms with Crippen LogP contribution in [0.25, 0.3) is 0 Å². The van der Waals surface area contributed by atoms with Crippen LogP contribution in [0.5, 0.6) is 0 Å². The van der Waals surface area contributed by atoms with E-state index in [1.807, 2.05) is 4.90 Å². The largest absolute Gasteiger partial charge is 0.338 e. The number of amides is 1. The van der Waals surface area contributed by atoms with Crippen molar-refractivity contribution in [1.29, 1.82) is 0 Å². The normalized spacial score (nSPS) is 16.1. The minimum atomic E-state index is 0.0713. The standard InChI is InChI=1S/C17H26N2O/c1-4-5-16(20)19-9-8-13-6-7-14(10-15(13)11-19)17(18)12(2)3/h6-7,10,12,17H,4-5,8-9,11,18H2,1-3H3. The van der Waals surface area contributed by atoms with Gasteiger partial charge >= 0.3 is 0 Å². The van der Waals surface area contributed by atoms with Gasteiger partial charge in [-0.2, -0.15) is 0 Å². The Hall–Kier alpha value is -1.35. The second kappa shape index (κ2) is 6.40. The van der Waals surface area contributed by atoms with E-state index in [1.165, 1.54) is 16.7 Å². The van der Waals surface area contributed by atoms with Crippen molar-refractivity contribution >= 4 is 5.91 Å². The number of nitrogens with two attached hydrogens (primary N) is 1. The summed E-state index contributed by atoms with van der Waals surface area (Å²) < 4.78 is 0. The Bertz CT molecular complexity index is 482. The fourth-order valence-electron chi connectivity index (χ4n) is 2.75. The van der Waals surface area contributed by atoms with Gasteiger partial charge in [-0.15, -0.1) is 0 Å². The Morgan fingerprint density at radius 1 is 1.35 bits per heavy atom. The first kappa shape index (κ1) is 15.0. The highest BCUT2D eigenvalue weighted by Gasteiger charge is 2.21. The predicted octanol–water partition coefficient (Wildman–Crippen LogP) is 3.03. The van der Waals surface area contributed by atoms with E-state index < -0.39 is 0 Å². The van der Waals surface area contributed by atoms with Gasteiger partial charge in [-0.25, -0.2) is 0 Å². The summed E-state index contributed by atoms with van der Waals surface area (Å²) in [5, 5.41) is 0. The number of fused-ring (bicyclic) bond motifs is 1. The molecule has 1 aliphatic heterocycles. The van der Waals surface area contributed by atoms with Crippen LogP contribution in [-0.2, 0) is 17.8 Å². The average molecular weight is 274 g/mol. The van der Waals surface area contributed by atoms with Gasteiger partial charge < -0.3 is 10.6 Å². The molecule has 0 saturated carbocycles. The van der Waals surface area contributed by atoms with Crippen molar-refractivity contribution < 1.29 is 4.79 Å². The highest BCUT2D eigenvalue weighted by Crippen LogP contribution is 2.25. The summed E-state index contributed by atoms with van der Waals surface area (Å²) in [5.41, 5.74) is 10.1. The SMILES string of the molecule is CCCC(=O)N1CCc2ccc(C(N)C(C)C)cc2C1. The van der Waals surface area contributed by atoms with Crippen LogP contribution in [0.2, 0.25) is 0 Å². The second-order valence-electron chi connectivity index (χ2n) is 6.11. The molecule has 0 fully saturated rings. The van der Waals surface area contributed by atoms with E-state index in [0.29, 0.717) is 12.3 Å². The van der Waals surface area contributed by atoms with Crippen molar-refractivity contribution in [3.05, 3.63) is 34.9 Å². The monoisotopic (exact) mass is 274 g/mol. The minimum absolute atomic E-state index is 0.0713. The van der Waals surface area contributed by atoms with Gasteiger partial charge in [0.05, 0.1) is 0 Å². The molecular formula is C17H26N2O. The molecule has 20 heavy (non-hydrogen) atoms. The molecule has 0 bridgehead atoms. The number of hydrogen-bond acceptors (Lipinski definition) is 2. The van der Waals surface area contributed by atoms with E-state index in [1.54, 1.807) is 0 Å². The van der Waals surface area contributed by atoms with Crippen molar-refractivity contribution in [2.45, 2.75) is 52.6 Å². The summed E-state index contributed by atoms with van der Waals surface area (Å²) in [7, 11) is 0. The summed E-state index contributed by atoms with van der Waals surface area (Å²) >= 11 is 0. The third-order valence-electron chi connectivity index (χ3n) is 4.16. The molecule has 1 aromatic carbocycles. The molecule has 3 nitrogen and oxygen atoms in total. The smallest absolute Gasteiger partial charge is 0.222 e. The third kappa shape index (κ3) is 3.21. The van der Waals surface area contributed by atoms with E-state index in [-0.39, 0.29) is 11.9 Å². The maximum absolute atomic E-state index is 12.0. The quantitative estimate of drug-likeness (QED) is 0.917. The van der Waals surface area contributed by atoms with Crippen LogP contribution >= 0.6 is 0 Å². The number of carbonyl (C=O) groups excluding carboxylic acids is 1. The molecular weight excluding hydrogens is 248 g/mol. The molecule has 1 atom stereocenters. The zero-order valence-corrected chi connectivity index (χ0v) is 12.9.